The summed E-state index contributed by atoms with van der Waals surface area (Å²) in [5, 5.41) is 10.8. The lowest BCUT2D eigenvalue weighted by Crippen LogP contribution is -2.20. The summed E-state index contributed by atoms with van der Waals surface area (Å²) >= 11 is 0. The minimum atomic E-state index is -0.368. The van der Waals surface area contributed by atoms with E-state index in [1.165, 1.54) is 0 Å². The Morgan fingerprint density at radius 1 is 0.500 bits per heavy atom. The molecular weight excluding hydrogens is 332 g/mol. The number of amides is 4. The average Bonchev–Trinajstić information content (AvgIpc) is 2.65. The number of aromatic nitrogens is 2. The highest BCUT2D eigenvalue weighted by Gasteiger charge is 2.05. The SMILES string of the molecule is O=C(Nc1ccncc1)Nc1ccc(NC(=O)Nc2ccncc2)cc1. The first-order valence-electron chi connectivity index (χ1n) is 7.75. The summed E-state index contributed by atoms with van der Waals surface area (Å²) in [5.41, 5.74) is 2.47. The van der Waals surface area contributed by atoms with Crippen LogP contribution in [-0.2, 0) is 0 Å². The predicted octanol–water partition coefficient (Wildman–Crippen LogP) is 3.76. The van der Waals surface area contributed by atoms with E-state index in [9.17, 15) is 9.59 Å². The first kappa shape index (κ1) is 16.9. The number of carbonyl (C=O) groups is 2. The molecule has 3 rings (SSSR count). The van der Waals surface area contributed by atoms with Gasteiger partial charge >= 0.3 is 12.1 Å². The zero-order chi connectivity index (χ0) is 18.2. The number of hydrogen-bond acceptors (Lipinski definition) is 4. The van der Waals surface area contributed by atoms with Crippen LogP contribution in [0.1, 0.15) is 0 Å². The first-order valence-corrected chi connectivity index (χ1v) is 7.75. The Labute approximate surface area is 149 Å². The van der Waals surface area contributed by atoms with Gasteiger partial charge in [-0.15, -0.1) is 0 Å². The molecule has 3 aromatic rings. The van der Waals surface area contributed by atoms with Gasteiger partial charge in [-0.1, -0.05) is 0 Å². The smallest absolute Gasteiger partial charge is 0.308 e. The molecule has 0 aliphatic heterocycles. The van der Waals surface area contributed by atoms with Crippen molar-refractivity contribution >= 4 is 34.8 Å². The normalized spacial score (nSPS) is 9.85. The van der Waals surface area contributed by atoms with Gasteiger partial charge in [0.05, 0.1) is 0 Å². The maximum Gasteiger partial charge on any atom is 0.323 e. The Morgan fingerprint density at radius 3 is 1.08 bits per heavy atom. The van der Waals surface area contributed by atoms with Gasteiger partial charge in [-0.25, -0.2) is 9.59 Å². The van der Waals surface area contributed by atoms with Crippen molar-refractivity contribution in [2.45, 2.75) is 0 Å². The van der Waals surface area contributed by atoms with Gasteiger partial charge in [0.1, 0.15) is 0 Å². The van der Waals surface area contributed by atoms with Crippen molar-refractivity contribution in [3.63, 3.8) is 0 Å². The van der Waals surface area contributed by atoms with E-state index in [1.54, 1.807) is 73.3 Å². The molecule has 8 nitrogen and oxygen atoms in total. The molecule has 4 amide bonds. The summed E-state index contributed by atoms with van der Waals surface area (Å²) in [6.45, 7) is 0. The predicted molar refractivity (Wildman–Crippen MR) is 100 cm³/mol. The second-order valence-corrected chi connectivity index (χ2v) is 5.21. The van der Waals surface area contributed by atoms with Crippen molar-refractivity contribution in [1.82, 2.24) is 9.97 Å². The molecule has 0 unspecified atom stereocenters. The molecule has 0 aliphatic rings. The van der Waals surface area contributed by atoms with Gasteiger partial charge in [0.2, 0.25) is 0 Å². The third-order valence-corrected chi connectivity index (χ3v) is 3.28. The fraction of sp³-hybridized carbons (Fsp3) is 0. The summed E-state index contributed by atoms with van der Waals surface area (Å²) < 4.78 is 0. The highest BCUT2D eigenvalue weighted by Crippen LogP contribution is 2.15. The van der Waals surface area contributed by atoms with E-state index in [-0.39, 0.29) is 12.1 Å². The number of nitrogens with zero attached hydrogens (tertiary/aromatic N) is 2. The van der Waals surface area contributed by atoms with Gasteiger partial charge in [-0.05, 0) is 48.5 Å². The molecule has 0 spiro atoms. The number of rotatable bonds is 4. The maximum atomic E-state index is 11.9. The van der Waals surface area contributed by atoms with Crippen LogP contribution in [0.15, 0.2) is 73.3 Å². The molecule has 8 heteroatoms. The third-order valence-electron chi connectivity index (χ3n) is 3.28. The van der Waals surface area contributed by atoms with Crippen LogP contribution in [0.5, 0.6) is 0 Å². The topological polar surface area (TPSA) is 108 Å². The van der Waals surface area contributed by atoms with E-state index in [1.807, 2.05) is 0 Å². The second kappa shape index (κ2) is 8.25. The molecule has 0 saturated heterocycles. The molecule has 0 fully saturated rings. The van der Waals surface area contributed by atoms with Crippen LogP contribution in [0.4, 0.5) is 32.3 Å². The van der Waals surface area contributed by atoms with E-state index in [4.69, 9.17) is 0 Å². The summed E-state index contributed by atoms with van der Waals surface area (Å²) in [6, 6.07) is 12.8. The zero-order valence-electron chi connectivity index (χ0n) is 13.6. The van der Waals surface area contributed by atoms with Crippen molar-refractivity contribution in [2.24, 2.45) is 0 Å². The molecule has 0 radical (unpaired) electrons. The molecular formula is C18H16N6O2. The molecule has 4 N–H and O–H groups in total. The van der Waals surface area contributed by atoms with E-state index in [0.717, 1.165) is 0 Å². The summed E-state index contributed by atoms with van der Waals surface area (Å²) in [6.07, 6.45) is 6.36. The summed E-state index contributed by atoms with van der Waals surface area (Å²) in [4.78, 5) is 31.6. The standard InChI is InChI=1S/C18H16N6O2/c25-17(23-15-5-9-19-10-6-15)21-13-1-2-14(4-3-13)22-18(26)24-16-7-11-20-12-8-16/h1-12H,(H2,19,21,23,25)(H2,20,22,24,26). The number of hydrogen-bond donors (Lipinski definition) is 4. The Balaban J connectivity index is 1.51. The molecule has 2 aromatic heterocycles. The van der Waals surface area contributed by atoms with Gasteiger partial charge in [-0.3, -0.25) is 9.97 Å². The number of nitrogens with one attached hydrogen (secondary N) is 4. The van der Waals surface area contributed by atoms with Crippen molar-refractivity contribution in [3.8, 4) is 0 Å². The Bertz CT molecular complexity index is 795. The largest absolute Gasteiger partial charge is 0.323 e. The van der Waals surface area contributed by atoms with Crippen molar-refractivity contribution in [1.29, 1.82) is 0 Å². The van der Waals surface area contributed by atoms with E-state index >= 15 is 0 Å². The molecule has 0 saturated carbocycles. The Kier molecular flexibility index (Phi) is 5.36. The summed E-state index contributed by atoms with van der Waals surface area (Å²) in [7, 11) is 0. The van der Waals surface area contributed by atoms with Gasteiger partial charge in [0.25, 0.3) is 0 Å². The second-order valence-electron chi connectivity index (χ2n) is 5.21. The monoisotopic (exact) mass is 348 g/mol. The van der Waals surface area contributed by atoms with Crippen molar-refractivity contribution in [2.75, 3.05) is 21.3 Å². The third kappa shape index (κ3) is 5.03. The maximum absolute atomic E-state index is 11.9. The minimum Gasteiger partial charge on any atom is -0.308 e. The lowest BCUT2D eigenvalue weighted by atomic mass is 10.3. The minimum absolute atomic E-state index is 0.368. The first-order chi connectivity index (χ1) is 12.7. The van der Waals surface area contributed by atoms with Crippen LogP contribution in [0.25, 0.3) is 0 Å². The van der Waals surface area contributed by atoms with Crippen LogP contribution in [0.3, 0.4) is 0 Å². The molecule has 0 atom stereocenters. The van der Waals surface area contributed by atoms with Crippen LogP contribution in [0.2, 0.25) is 0 Å². The van der Waals surface area contributed by atoms with Crippen molar-refractivity contribution in [3.05, 3.63) is 73.3 Å². The van der Waals surface area contributed by atoms with Crippen LogP contribution in [0, 0.1) is 0 Å². The fourth-order valence-corrected chi connectivity index (χ4v) is 2.09. The Morgan fingerprint density at radius 2 is 0.769 bits per heavy atom. The van der Waals surface area contributed by atoms with Crippen LogP contribution < -0.4 is 21.3 Å². The quantitative estimate of drug-likeness (QED) is 0.575. The fourth-order valence-electron chi connectivity index (χ4n) is 2.09. The Hall–Kier alpha value is -3.94. The molecule has 0 aliphatic carbocycles. The molecule has 130 valence electrons. The van der Waals surface area contributed by atoms with Crippen molar-refractivity contribution < 1.29 is 9.59 Å². The number of pyridine rings is 2. The summed E-state index contributed by atoms with van der Waals surface area (Å²) in [5.74, 6) is 0. The lowest BCUT2D eigenvalue weighted by molar-refractivity contribution is 0.261. The number of carbonyl (C=O) groups excluding carboxylic acids is 2. The van der Waals surface area contributed by atoms with Gasteiger partial charge in [0.15, 0.2) is 0 Å². The highest BCUT2D eigenvalue weighted by molar-refractivity contribution is 6.01. The molecule has 2 heterocycles. The van der Waals surface area contributed by atoms with Crippen LogP contribution in [-0.4, -0.2) is 22.0 Å². The zero-order valence-corrected chi connectivity index (χ0v) is 13.6. The van der Waals surface area contributed by atoms with E-state index in [0.29, 0.717) is 22.7 Å². The number of urea groups is 2. The van der Waals surface area contributed by atoms with Gasteiger partial charge in [0, 0.05) is 47.5 Å². The molecule has 0 bridgehead atoms. The highest BCUT2D eigenvalue weighted by atomic mass is 16.2. The lowest BCUT2D eigenvalue weighted by Gasteiger charge is -2.10. The van der Waals surface area contributed by atoms with Gasteiger partial charge < -0.3 is 21.3 Å². The molecule has 26 heavy (non-hydrogen) atoms. The molecule has 1 aromatic carbocycles. The number of anilines is 4. The van der Waals surface area contributed by atoms with Crippen LogP contribution >= 0.6 is 0 Å². The van der Waals surface area contributed by atoms with E-state index < -0.39 is 0 Å². The van der Waals surface area contributed by atoms with E-state index in [2.05, 4.69) is 31.2 Å². The average molecular weight is 348 g/mol. The van der Waals surface area contributed by atoms with Gasteiger partial charge in [-0.2, -0.15) is 0 Å². The number of benzene rings is 1.